The van der Waals surface area contributed by atoms with Gasteiger partial charge in [-0.1, -0.05) is 13.8 Å². The fourth-order valence-electron chi connectivity index (χ4n) is 0.441. The van der Waals surface area contributed by atoms with Gasteiger partial charge in [0.05, 0.1) is 6.54 Å². The Morgan fingerprint density at radius 3 is 1.93 bits per heavy atom. The molecular weight excluding hydrogens is 188 g/mol. The van der Waals surface area contributed by atoms with Crippen molar-refractivity contribution in [1.29, 1.82) is 0 Å². The smallest absolute Gasteiger partial charge is 0.322 e. The van der Waals surface area contributed by atoms with E-state index in [2.05, 4.69) is 10.6 Å². The predicted octanol–water partition coefficient (Wildman–Crippen LogP) is -0.650. The topological polar surface area (TPSA) is 95.5 Å². The lowest BCUT2D eigenvalue weighted by molar-refractivity contribution is -0.137. The Labute approximate surface area is 82.7 Å². The number of rotatable bonds is 4. The fourth-order valence-corrected chi connectivity index (χ4v) is 0.441. The van der Waals surface area contributed by atoms with E-state index in [9.17, 15) is 14.4 Å². The molecule has 2 amide bonds. The highest BCUT2D eigenvalue weighted by Crippen LogP contribution is 1.66. The first-order valence-electron chi connectivity index (χ1n) is 4.25. The summed E-state index contributed by atoms with van der Waals surface area (Å²) in [6, 6.07) is 0. The van der Waals surface area contributed by atoms with Crippen LogP contribution in [-0.2, 0) is 14.4 Å². The average molecular weight is 204 g/mol. The fraction of sp³-hybridized carbons (Fsp3) is 0.625. The summed E-state index contributed by atoms with van der Waals surface area (Å²) in [6.45, 7) is 4.64. The van der Waals surface area contributed by atoms with Gasteiger partial charge in [-0.2, -0.15) is 0 Å². The largest absolute Gasteiger partial charge is 0.480 e. The molecule has 6 nitrogen and oxygen atoms in total. The van der Waals surface area contributed by atoms with Crippen molar-refractivity contribution < 1.29 is 19.5 Å². The zero-order valence-corrected chi connectivity index (χ0v) is 8.59. The van der Waals surface area contributed by atoms with Gasteiger partial charge in [-0.25, -0.2) is 0 Å². The molecule has 0 unspecified atom stereocenters. The maximum atomic E-state index is 10.7. The van der Waals surface area contributed by atoms with Gasteiger partial charge in [0.1, 0.15) is 6.54 Å². The van der Waals surface area contributed by atoms with Crippen molar-refractivity contribution >= 4 is 17.8 Å². The zero-order valence-electron chi connectivity index (χ0n) is 8.59. The van der Waals surface area contributed by atoms with Gasteiger partial charge in [0.15, 0.2) is 0 Å². The quantitative estimate of drug-likeness (QED) is 0.567. The standard InChI is InChI=1S/C6H10N2O4.C2H6/c1-4(9)7-2-5(10)8-3-6(11)12;1-2/h2-3H2,1H3,(H,7,9)(H,8,10)(H,11,12);1-2H3. The maximum Gasteiger partial charge on any atom is 0.322 e. The van der Waals surface area contributed by atoms with Crippen molar-refractivity contribution in [2.45, 2.75) is 20.8 Å². The molecule has 0 aliphatic carbocycles. The van der Waals surface area contributed by atoms with Gasteiger partial charge < -0.3 is 15.7 Å². The molecule has 0 aliphatic heterocycles. The second-order valence-electron chi connectivity index (χ2n) is 2.08. The van der Waals surface area contributed by atoms with Crippen molar-refractivity contribution in [1.82, 2.24) is 10.6 Å². The van der Waals surface area contributed by atoms with Gasteiger partial charge in [-0.3, -0.25) is 14.4 Å². The Kier molecular flexibility index (Phi) is 10.1. The molecule has 0 saturated carbocycles. The van der Waals surface area contributed by atoms with Crippen molar-refractivity contribution in [3.8, 4) is 0 Å². The lowest BCUT2D eigenvalue weighted by atomic mass is 10.5. The highest BCUT2D eigenvalue weighted by Gasteiger charge is 2.03. The Bertz CT molecular complexity index is 184. The third-order valence-electron chi connectivity index (χ3n) is 0.935. The molecule has 0 aromatic heterocycles. The molecule has 3 N–H and O–H groups in total. The Balaban J connectivity index is 0. The molecule has 0 saturated heterocycles. The summed E-state index contributed by atoms with van der Waals surface area (Å²) in [5.74, 6) is -1.97. The third-order valence-corrected chi connectivity index (χ3v) is 0.935. The number of carbonyl (C=O) groups is 3. The lowest BCUT2D eigenvalue weighted by Gasteiger charge is -2.01. The number of aliphatic carboxylic acids is 1. The second kappa shape index (κ2) is 9.50. The molecule has 0 spiro atoms. The van der Waals surface area contributed by atoms with Crippen molar-refractivity contribution in [3.05, 3.63) is 0 Å². The van der Waals surface area contributed by atoms with Crippen LogP contribution in [0.5, 0.6) is 0 Å². The third kappa shape index (κ3) is 13.0. The normalized spacial score (nSPS) is 7.93. The monoisotopic (exact) mass is 204 g/mol. The van der Waals surface area contributed by atoms with Crippen LogP contribution in [0.3, 0.4) is 0 Å². The van der Waals surface area contributed by atoms with Crippen molar-refractivity contribution in [2.24, 2.45) is 0 Å². The highest BCUT2D eigenvalue weighted by molar-refractivity contribution is 5.85. The molecule has 14 heavy (non-hydrogen) atoms. The summed E-state index contributed by atoms with van der Waals surface area (Å²) in [5.41, 5.74) is 0. The molecule has 0 fully saturated rings. The van der Waals surface area contributed by atoms with Crippen molar-refractivity contribution in [2.75, 3.05) is 13.1 Å². The Morgan fingerprint density at radius 2 is 1.57 bits per heavy atom. The first-order chi connectivity index (χ1) is 6.52. The van der Waals surface area contributed by atoms with Gasteiger partial charge in [0.25, 0.3) is 0 Å². The number of hydrogen-bond acceptors (Lipinski definition) is 3. The summed E-state index contributed by atoms with van der Waals surface area (Å²) in [4.78, 5) is 30.9. The summed E-state index contributed by atoms with van der Waals surface area (Å²) in [6.07, 6.45) is 0. The number of carboxylic acids is 1. The molecule has 0 heterocycles. The van der Waals surface area contributed by atoms with Gasteiger partial charge in [-0.15, -0.1) is 0 Å². The van der Waals surface area contributed by atoms with Crippen LogP contribution >= 0.6 is 0 Å². The Morgan fingerprint density at radius 1 is 1.07 bits per heavy atom. The van der Waals surface area contributed by atoms with Crippen LogP contribution in [0.4, 0.5) is 0 Å². The molecule has 0 rings (SSSR count). The molecular formula is C8H16N2O4. The number of carbonyl (C=O) groups excluding carboxylic acids is 2. The molecule has 0 radical (unpaired) electrons. The molecule has 6 heteroatoms. The van der Waals surface area contributed by atoms with E-state index in [0.717, 1.165) is 0 Å². The van der Waals surface area contributed by atoms with Crippen LogP contribution in [0.25, 0.3) is 0 Å². The minimum atomic E-state index is -1.12. The van der Waals surface area contributed by atoms with Gasteiger partial charge in [-0.05, 0) is 0 Å². The van der Waals surface area contributed by atoms with E-state index in [0.29, 0.717) is 0 Å². The first-order valence-corrected chi connectivity index (χ1v) is 4.25. The molecule has 0 bridgehead atoms. The first kappa shape index (κ1) is 14.9. The average Bonchev–Trinajstić information content (AvgIpc) is 2.14. The number of hydrogen-bond donors (Lipinski definition) is 3. The van der Waals surface area contributed by atoms with Crippen molar-refractivity contribution in [3.63, 3.8) is 0 Å². The predicted molar refractivity (Wildman–Crippen MR) is 50.7 cm³/mol. The summed E-state index contributed by atoms with van der Waals surface area (Å²) < 4.78 is 0. The highest BCUT2D eigenvalue weighted by atomic mass is 16.4. The maximum absolute atomic E-state index is 10.7. The van der Waals surface area contributed by atoms with Crippen LogP contribution in [0, 0.1) is 0 Å². The van der Waals surface area contributed by atoms with Crippen LogP contribution < -0.4 is 10.6 Å². The van der Waals surface area contributed by atoms with Crippen LogP contribution in [0.1, 0.15) is 20.8 Å². The van der Waals surface area contributed by atoms with E-state index in [1.54, 1.807) is 0 Å². The van der Waals surface area contributed by atoms with E-state index in [1.165, 1.54) is 6.92 Å². The van der Waals surface area contributed by atoms with Gasteiger partial charge in [0.2, 0.25) is 11.8 Å². The van der Waals surface area contributed by atoms with E-state index in [4.69, 9.17) is 5.11 Å². The minimum Gasteiger partial charge on any atom is -0.480 e. The Hall–Kier alpha value is -1.59. The van der Waals surface area contributed by atoms with E-state index in [-0.39, 0.29) is 12.5 Å². The number of nitrogens with one attached hydrogen (secondary N) is 2. The second-order valence-corrected chi connectivity index (χ2v) is 2.08. The zero-order chi connectivity index (χ0) is 11.6. The van der Waals surface area contributed by atoms with E-state index < -0.39 is 18.4 Å². The summed E-state index contributed by atoms with van der Waals surface area (Å²) >= 11 is 0. The lowest BCUT2D eigenvalue weighted by Crippen LogP contribution is -2.38. The minimum absolute atomic E-state index is 0.192. The number of carboxylic acid groups (broad SMARTS) is 1. The van der Waals surface area contributed by atoms with Crippen LogP contribution in [0.15, 0.2) is 0 Å². The van der Waals surface area contributed by atoms with E-state index >= 15 is 0 Å². The molecule has 0 atom stereocenters. The molecule has 0 aliphatic rings. The summed E-state index contributed by atoms with van der Waals surface area (Å²) in [5, 5.41) is 12.4. The van der Waals surface area contributed by atoms with Crippen LogP contribution in [-0.4, -0.2) is 36.0 Å². The summed E-state index contributed by atoms with van der Waals surface area (Å²) in [7, 11) is 0. The molecule has 0 aromatic carbocycles. The number of amides is 2. The molecule has 82 valence electrons. The SMILES string of the molecule is CC.CC(=O)NCC(=O)NCC(=O)O. The van der Waals surface area contributed by atoms with Crippen LogP contribution in [0.2, 0.25) is 0 Å². The van der Waals surface area contributed by atoms with Gasteiger partial charge >= 0.3 is 5.97 Å². The molecule has 0 aromatic rings. The van der Waals surface area contributed by atoms with E-state index in [1.807, 2.05) is 13.8 Å². The van der Waals surface area contributed by atoms with Gasteiger partial charge in [0, 0.05) is 6.92 Å².